The summed E-state index contributed by atoms with van der Waals surface area (Å²) < 4.78 is 1.80. The quantitative estimate of drug-likeness (QED) is 0.662. The number of carbonyl (C=O) groups is 1. The van der Waals surface area contributed by atoms with Crippen molar-refractivity contribution in [2.24, 2.45) is 12.8 Å². The third kappa shape index (κ3) is 4.30. The van der Waals surface area contributed by atoms with Crippen LogP contribution in [0.15, 0.2) is 18.3 Å². The number of thiazole rings is 1. The van der Waals surface area contributed by atoms with E-state index >= 15 is 0 Å². The molecule has 0 spiro atoms. The molecule has 9 heteroatoms. The van der Waals surface area contributed by atoms with Crippen LogP contribution < -0.4 is 21.7 Å². The number of nitrogens with one attached hydrogen (secondary N) is 1. The molecule has 2 atom stereocenters. The third-order valence-electron chi connectivity index (χ3n) is 5.68. The summed E-state index contributed by atoms with van der Waals surface area (Å²) in [4.78, 5) is 19.8. The van der Waals surface area contributed by atoms with Crippen LogP contribution in [-0.2, 0) is 7.05 Å². The molecule has 2 aliphatic rings. The Morgan fingerprint density at radius 3 is 2.93 bits per heavy atom. The maximum Gasteiger partial charge on any atom is 0.277 e. The Balaban J connectivity index is 1.53. The zero-order chi connectivity index (χ0) is 20.4. The van der Waals surface area contributed by atoms with E-state index in [9.17, 15) is 4.79 Å². The molecule has 2 unspecified atom stereocenters. The average molecular weight is 416 g/mol. The second kappa shape index (κ2) is 8.54. The van der Waals surface area contributed by atoms with Crippen LogP contribution in [0.5, 0.6) is 0 Å². The minimum Gasteiger partial charge on any atom is -0.389 e. The van der Waals surface area contributed by atoms with Gasteiger partial charge in [-0.1, -0.05) is 12.2 Å². The van der Waals surface area contributed by atoms with Crippen LogP contribution in [0, 0.1) is 0 Å². The molecule has 1 saturated heterocycles. The molecule has 0 saturated carbocycles. The minimum atomic E-state index is -0.287. The molecule has 29 heavy (non-hydrogen) atoms. The van der Waals surface area contributed by atoms with Crippen molar-refractivity contribution in [2.45, 2.75) is 50.5 Å². The lowest BCUT2D eigenvalue weighted by molar-refractivity contribution is 0.102. The zero-order valence-corrected chi connectivity index (χ0v) is 17.6. The Kier molecular flexibility index (Phi) is 5.86. The van der Waals surface area contributed by atoms with Crippen molar-refractivity contribution in [3.8, 4) is 0 Å². The van der Waals surface area contributed by atoms with E-state index in [1.165, 1.54) is 11.3 Å². The van der Waals surface area contributed by atoms with Gasteiger partial charge < -0.3 is 21.7 Å². The number of hydrogen-bond acceptors (Lipinski definition) is 7. The van der Waals surface area contributed by atoms with Crippen molar-refractivity contribution in [3.63, 3.8) is 0 Å². The fourth-order valence-electron chi connectivity index (χ4n) is 4.10. The molecule has 4 rings (SSSR count). The van der Waals surface area contributed by atoms with Crippen LogP contribution in [0.4, 0.5) is 16.5 Å². The molecule has 0 radical (unpaired) electrons. The monoisotopic (exact) mass is 415 g/mol. The van der Waals surface area contributed by atoms with Crippen molar-refractivity contribution in [1.82, 2.24) is 14.8 Å². The topological polar surface area (TPSA) is 115 Å². The molecule has 5 N–H and O–H groups in total. The van der Waals surface area contributed by atoms with E-state index in [-0.39, 0.29) is 17.9 Å². The van der Waals surface area contributed by atoms with Gasteiger partial charge in [-0.2, -0.15) is 5.10 Å². The van der Waals surface area contributed by atoms with Gasteiger partial charge in [-0.15, -0.1) is 11.3 Å². The zero-order valence-electron chi connectivity index (χ0n) is 16.8. The maximum absolute atomic E-state index is 13.0. The van der Waals surface area contributed by atoms with Gasteiger partial charge in [0.05, 0.1) is 6.20 Å². The summed E-state index contributed by atoms with van der Waals surface area (Å²) in [6.45, 7) is 1.74. The Morgan fingerprint density at radius 1 is 1.28 bits per heavy atom. The lowest BCUT2D eigenvalue weighted by Gasteiger charge is -2.24. The van der Waals surface area contributed by atoms with Gasteiger partial charge in [0, 0.05) is 32.1 Å². The molecule has 0 bridgehead atoms. The number of carbonyl (C=O) groups excluding carboxylic acids is 1. The lowest BCUT2D eigenvalue weighted by Crippen LogP contribution is -2.29. The van der Waals surface area contributed by atoms with Gasteiger partial charge in [0.25, 0.3) is 5.91 Å². The summed E-state index contributed by atoms with van der Waals surface area (Å²) >= 11 is 1.41. The van der Waals surface area contributed by atoms with Crippen molar-refractivity contribution in [1.29, 1.82) is 0 Å². The summed E-state index contributed by atoms with van der Waals surface area (Å²) in [6, 6.07) is 0.230. The first-order valence-corrected chi connectivity index (χ1v) is 11.1. The van der Waals surface area contributed by atoms with Crippen molar-refractivity contribution < 1.29 is 4.79 Å². The first-order chi connectivity index (χ1) is 14.0. The number of nitrogens with zero attached hydrogens (tertiary/aromatic N) is 4. The van der Waals surface area contributed by atoms with Gasteiger partial charge >= 0.3 is 0 Å². The summed E-state index contributed by atoms with van der Waals surface area (Å²) in [5, 5.41) is 8.72. The van der Waals surface area contributed by atoms with Crippen molar-refractivity contribution in [2.75, 3.05) is 29.0 Å². The highest BCUT2D eigenvalue weighted by atomic mass is 32.1. The largest absolute Gasteiger partial charge is 0.389 e. The minimum absolute atomic E-state index is 0.230. The van der Waals surface area contributed by atoms with E-state index in [1.807, 2.05) is 7.05 Å². The van der Waals surface area contributed by atoms with Gasteiger partial charge in [0.1, 0.15) is 15.7 Å². The lowest BCUT2D eigenvalue weighted by atomic mass is 9.97. The van der Waals surface area contributed by atoms with E-state index in [2.05, 4.69) is 32.5 Å². The van der Waals surface area contributed by atoms with E-state index in [0.717, 1.165) is 62.4 Å². The highest BCUT2D eigenvalue weighted by molar-refractivity contribution is 7.16. The normalized spacial score (nSPS) is 22.5. The molecule has 1 aliphatic heterocycles. The second-order valence-corrected chi connectivity index (χ2v) is 8.93. The molecule has 2 aromatic rings. The molecule has 8 nitrogen and oxygen atoms in total. The van der Waals surface area contributed by atoms with Crippen LogP contribution in [0.2, 0.25) is 0 Å². The van der Waals surface area contributed by atoms with Crippen LogP contribution in [0.1, 0.15) is 59.9 Å². The Labute approximate surface area is 175 Å². The first-order valence-electron chi connectivity index (χ1n) is 10.3. The second-order valence-electron chi connectivity index (χ2n) is 7.87. The highest BCUT2D eigenvalue weighted by Gasteiger charge is 2.25. The fourth-order valence-corrected chi connectivity index (χ4v) is 5.04. The molecule has 1 amide bonds. The molecule has 3 heterocycles. The number of aromatic nitrogens is 3. The molecule has 156 valence electrons. The van der Waals surface area contributed by atoms with E-state index in [4.69, 9.17) is 11.5 Å². The predicted molar refractivity (Wildman–Crippen MR) is 117 cm³/mol. The fraction of sp³-hybridized carbons (Fsp3) is 0.550. The van der Waals surface area contributed by atoms with Gasteiger partial charge in [0.15, 0.2) is 11.5 Å². The van der Waals surface area contributed by atoms with E-state index in [0.29, 0.717) is 16.4 Å². The number of amides is 1. The number of anilines is 3. The first kappa shape index (κ1) is 19.9. The number of allylic oxidation sites excluding steroid dienone is 2. The van der Waals surface area contributed by atoms with Crippen LogP contribution in [0.25, 0.3) is 0 Å². The standard InChI is InChI=1S/C20H29N7OS/c1-26-20(27-10-5-8-14(21)9-11-27)15(12-23-26)24-18(28)16-17(22)29-19(25-16)13-6-3-2-4-7-13/h3,6,12-14H,2,4-5,7-11,21-22H2,1H3,(H,24,28). The number of hydrogen-bond donors (Lipinski definition) is 3. The summed E-state index contributed by atoms with van der Waals surface area (Å²) in [5.74, 6) is 0.870. The molecule has 0 aromatic carbocycles. The van der Waals surface area contributed by atoms with Crippen molar-refractivity contribution >= 4 is 33.8 Å². The molecule has 1 fully saturated rings. The van der Waals surface area contributed by atoms with Gasteiger partial charge in [-0.25, -0.2) is 4.98 Å². The molecular formula is C20H29N7OS. The van der Waals surface area contributed by atoms with Crippen LogP contribution in [-0.4, -0.2) is 39.8 Å². The van der Waals surface area contributed by atoms with E-state index < -0.39 is 0 Å². The number of nitrogens with two attached hydrogens (primary N) is 2. The summed E-state index contributed by atoms with van der Waals surface area (Å²) in [6.07, 6.45) is 12.3. The highest BCUT2D eigenvalue weighted by Crippen LogP contribution is 2.34. The summed E-state index contributed by atoms with van der Waals surface area (Å²) in [5.41, 5.74) is 13.3. The maximum atomic E-state index is 13.0. The number of rotatable bonds is 4. The SMILES string of the molecule is Cn1ncc(NC(=O)c2nc(C3C=CCCC3)sc2N)c1N1CCCC(N)CC1. The number of nitrogen functional groups attached to an aromatic ring is 1. The smallest absolute Gasteiger partial charge is 0.277 e. The average Bonchev–Trinajstić information content (AvgIpc) is 3.20. The third-order valence-corrected chi connectivity index (χ3v) is 6.70. The van der Waals surface area contributed by atoms with E-state index in [1.54, 1.807) is 10.9 Å². The Bertz CT molecular complexity index is 903. The van der Waals surface area contributed by atoms with Crippen LogP contribution in [0.3, 0.4) is 0 Å². The molecule has 2 aromatic heterocycles. The molecular weight excluding hydrogens is 386 g/mol. The Hall–Kier alpha value is -2.39. The van der Waals surface area contributed by atoms with Crippen molar-refractivity contribution in [3.05, 3.63) is 29.1 Å². The predicted octanol–water partition coefficient (Wildman–Crippen LogP) is 2.85. The Morgan fingerprint density at radius 2 is 2.14 bits per heavy atom. The summed E-state index contributed by atoms with van der Waals surface area (Å²) in [7, 11) is 1.89. The van der Waals surface area contributed by atoms with Crippen LogP contribution >= 0.6 is 11.3 Å². The number of aryl methyl sites for hydroxylation is 1. The van der Waals surface area contributed by atoms with Gasteiger partial charge in [0.2, 0.25) is 0 Å². The molecule has 1 aliphatic carbocycles. The van der Waals surface area contributed by atoms with Gasteiger partial charge in [-0.3, -0.25) is 9.48 Å². The van der Waals surface area contributed by atoms with Gasteiger partial charge in [-0.05, 0) is 38.5 Å².